The summed E-state index contributed by atoms with van der Waals surface area (Å²) in [5.41, 5.74) is 0.189. The molecule has 4 nitrogen and oxygen atoms in total. The molecule has 1 aromatic carbocycles. The van der Waals surface area contributed by atoms with Gasteiger partial charge in [-0.2, -0.15) is 0 Å². The van der Waals surface area contributed by atoms with Crippen molar-refractivity contribution in [1.29, 1.82) is 0 Å². The number of hydrogen-bond donors (Lipinski definition) is 1. The molecule has 5 heteroatoms. The SMILES string of the molecule is CC1(C)CC(COc2ccc(S(C)(=O)=O)cc2)CN1. The Bertz CT molecular complexity index is 534. The van der Waals surface area contributed by atoms with Gasteiger partial charge in [0, 0.05) is 24.3 Å². The number of nitrogens with one attached hydrogen (secondary N) is 1. The van der Waals surface area contributed by atoms with Crippen LogP contribution in [0.5, 0.6) is 5.75 Å². The first-order chi connectivity index (χ1) is 8.76. The second kappa shape index (κ2) is 5.13. The van der Waals surface area contributed by atoms with Gasteiger partial charge in [0.1, 0.15) is 5.75 Å². The number of hydrogen-bond acceptors (Lipinski definition) is 4. The molecule has 19 heavy (non-hydrogen) atoms. The van der Waals surface area contributed by atoms with E-state index in [0.717, 1.165) is 18.7 Å². The topological polar surface area (TPSA) is 55.4 Å². The molecule has 2 rings (SSSR count). The van der Waals surface area contributed by atoms with Crippen LogP contribution in [-0.4, -0.2) is 33.4 Å². The Kier molecular flexibility index (Phi) is 3.87. The number of sulfone groups is 1. The zero-order chi connectivity index (χ0) is 14.1. The second-order valence-electron chi connectivity index (χ2n) is 5.89. The molecule has 1 aliphatic heterocycles. The third-order valence-electron chi connectivity index (χ3n) is 3.41. The van der Waals surface area contributed by atoms with Gasteiger partial charge >= 0.3 is 0 Å². The lowest BCUT2D eigenvalue weighted by Gasteiger charge is -2.17. The first-order valence-electron chi connectivity index (χ1n) is 6.44. The molecule has 0 aliphatic carbocycles. The van der Waals surface area contributed by atoms with Crippen molar-refractivity contribution in [1.82, 2.24) is 5.32 Å². The summed E-state index contributed by atoms with van der Waals surface area (Å²) >= 11 is 0. The number of benzene rings is 1. The van der Waals surface area contributed by atoms with Crippen LogP contribution in [0.25, 0.3) is 0 Å². The van der Waals surface area contributed by atoms with Crippen molar-refractivity contribution in [3.05, 3.63) is 24.3 Å². The lowest BCUT2D eigenvalue weighted by molar-refractivity contribution is 0.254. The molecular formula is C14H21NO3S. The van der Waals surface area contributed by atoms with E-state index in [9.17, 15) is 8.42 Å². The fourth-order valence-electron chi connectivity index (χ4n) is 2.40. The molecule has 1 aromatic rings. The van der Waals surface area contributed by atoms with Gasteiger partial charge in [-0.1, -0.05) is 0 Å². The molecule has 0 saturated carbocycles. The van der Waals surface area contributed by atoms with Crippen LogP contribution < -0.4 is 10.1 Å². The van der Waals surface area contributed by atoms with Crippen LogP contribution in [0.4, 0.5) is 0 Å². The van der Waals surface area contributed by atoms with Gasteiger partial charge in [0.15, 0.2) is 9.84 Å². The van der Waals surface area contributed by atoms with Crippen molar-refractivity contribution >= 4 is 9.84 Å². The Labute approximate surface area is 115 Å². The van der Waals surface area contributed by atoms with E-state index in [1.165, 1.54) is 6.26 Å². The minimum absolute atomic E-state index is 0.189. The van der Waals surface area contributed by atoms with E-state index in [-0.39, 0.29) is 5.54 Å². The minimum Gasteiger partial charge on any atom is -0.493 e. The van der Waals surface area contributed by atoms with Crippen LogP contribution in [0.15, 0.2) is 29.2 Å². The normalized spacial score (nSPS) is 22.4. The summed E-state index contributed by atoms with van der Waals surface area (Å²) in [6.45, 7) is 6.00. The molecular weight excluding hydrogens is 262 g/mol. The Morgan fingerprint density at radius 1 is 1.32 bits per heavy atom. The van der Waals surface area contributed by atoms with Crippen LogP contribution in [0.1, 0.15) is 20.3 Å². The van der Waals surface area contributed by atoms with Crippen molar-refractivity contribution in [2.24, 2.45) is 5.92 Å². The zero-order valence-electron chi connectivity index (χ0n) is 11.6. The smallest absolute Gasteiger partial charge is 0.175 e. The van der Waals surface area contributed by atoms with Crippen molar-refractivity contribution in [2.45, 2.75) is 30.7 Å². The van der Waals surface area contributed by atoms with Crippen LogP contribution in [-0.2, 0) is 9.84 Å². The van der Waals surface area contributed by atoms with Gasteiger partial charge in [-0.3, -0.25) is 0 Å². The first kappa shape index (κ1) is 14.3. The predicted molar refractivity (Wildman–Crippen MR) is 75.2 cm³/mol. The lowest BCUT2D eigenvalue weighted by Crippen LogP contribution is -2.31. The highest BCUT2D eigenvalue weighted by Crippen LogP contribution is 2.24. The summed E-state index contributed by atoms with van der Waals surface area (Å²) in [7, 11) is -3.13. The van der Waals surface area contributed by atoms with Crippen molar-refractivity contribution in [3.8, 4) is 5.75 Å². The monoisotopic (exact) mass is 283 g/mol. The maximum atomic E-state index is 11.3. The quantitative estimate of drug-likeness (QED) is 0.916. The molecule has 1 heterocycles. The van der Waals surface area contributed by atoms with Gasteiger partial charge in [0.05, 0.1) is 11.5 Å². The van der Waals surface area contributed by atoms with E-state index in [1.807, 2.05) is 0 Å². The molecule has 0 radical (unpaired) electrons. The van der Waals surface area contributed by atoms with Gasteiger partial charge in [-0.15, -0.1) is 0 Å². The summed E-state index contributed by atoms with van der Waals surface area (Å²) in [6, 6.07) is 6.59. The molecule has 0 amide bonds. The minimum atomic E-state index is -3.13. The van der Waals surface area contributed by atoms with Gasteiger partial charge in [0.2, 0.25) is 0 Å². The highest BCUT2D eigenvalue weighted by molar-refractivity contribution is 7.90. The molecule has 0 bridgehead atoms. The highest BCUT2D eigenvalue weighted by atomic mass is 32.2. The maximum Gasteiger partial charge on any atom is 0.175 e. The van der Waals surface area contributed by atoms with Crippen LogP contribution in [0.2, 0.25) is 0 Å². The molecule has 1 aliphatic rings. The third kappa shape index (κ3) is 3.94. The maximum absolute atomic E-state index is 11.3. The average Bonchev–Trinajstić information content (AvgIpc) is 2.66. The summed E-state index contributed by atoms with van der Waals surface area (Å²) in [6.07, 6.45) is 2.30. The highest BCUT2D eigenvalue weighted by Gasteiger charge is 2.30. The number of ether oxygens (including phenoxy) is 1. The Balaban J connectivity index is 1.91. The Hall–Kier alpha value is -1.07. The van der Waals surface area contributed by atoms with E-state index in [1.54, 1.807) is 24.3 Å². The first-order valence-corrected chi connectivity index (χ1v) is 8.33. The average molecular weight is 283 g/mol. The second-order valence-corrected chi connectivity index (χ2v) is 7.91. The Morgan fingerprint density at radius 2 is 1.95 bits per heavy atom. The molecule has 0 aromatic heterocycles. The molecule has 1 N–H and O–H groups in total. The third-order valence-corrected chi connectivity index (χ3v) is 4.53. The predicted octanol–water partition coefficient (Wildman–Crippen LogP) is 1.86. The largest absolute Gasteiger partial charge is 0.493 e. The molecule has 1 unspecified atom stereocenters. The molecule has 1 saturated heterocycles. The van der Waals surface area contributed by atoms with Gasteiger partial charge in [0.25, 0.3) is 0 Å². The zero-order valence-corrected chi connectivity index (χ0v) is 12.5. The van der Waals surface area contributed by atoms with Crippen molar-refractivity contribution < 1.29 is 13.2 Å². The molecule has 1 atom stereocenters. The van der Waals surface area contributed by atoms with Crippen molar-refractivity contribution in [2.75, 3.05) is 19.4 Å². The van der Waals surface area contributed by atoms with Gasteiger partial charge < -0.3 is 10.1 Å². The van der Waals surface area contributed by atoms with E-state index >= 15 is 0 Å². The van der Waals surface area contributed by atoms with Crippen LogP contribution in [0.3, 0.4) is 0 Å². The standard InChI is InChI=1S/C14H21NO3S/c1-14(2)8-11(9-15-14)10-18-12-4-6-13(7-5-12)19(3,16)17/h4-7,11,15H,8-10H2,1-3H3. The summed E-state index contributed by atoms with van der Waals surface area (Å²) in [5, 5.41) is 3.45. The van der Waals surface area contributed by atoms with E-state index in [2.05, 4.69) is 19.2 Å². The Morgan fingerprint density at radius 3 is 2.42 bits per heavy atom. The summed E-state index contributed by atoms with van der Waals surface area (Å²) in [4.78, 5) is 0.323. The molecule has 1 fully saturated rings. The summed E-state index contributed by atoms with van der Waals surface area (Å²) in [5.74, 6) is 1.22. The number of rotatable bonds is 4. The van der Waals surface area contributed by atoms with E-state index in [4.69, 9.17) is 4.74 Å². The fourth-order valence-corrected chi connectivity index (χ4v) is 3.03. The molecule has 106 valence electrons. The van der Waals surface area contributed by atoms with E-state index in [0.29, 0.717) is 17.4 Å². The fraction of sp³-hybridized carbons (Fsp3) is 0.571. The van der Waals surface area contributed by atoms with Crippen LogP contribution in [0, 0.1) is 5.92 Å². The van der Waals surface area contributed by atoms with Gasteiger partial charge in [-0.25, -0.2) is 8.42 Å². The lowest BCUT2D eigenvalue weighted by atomic mass is 9.98. The van der Waals surface area contributed by atoms with Crippen LogP contribution >= 0.6 is 0 Å². The molecule has 0 spiro atoms. The summed E-state index contributed by atoms with van der Waals surface area (Å²) < 4.78 is 28.4. The van der Waals surface area contributed by atoms with Gasteiger partial charge in [-0.05, 0) is 44.5 Å². The van der Waals surface area contributed by atoms with Crippen molar-refractivity contribution in [3.63, 3.8) is 0 Å². The van der Waals surface area contributed by atoms with E-state index < -0.39 is 9.84 Å².